The minimum Gasteiger partial charge on any atom is -0.494 e. The molecule has 0 aliphatic rings. The lowest BCUT2D eigenvalue weighted by Crippen LogP contribution is -2.39. The van der Waals surface area contributed by atoms with Crippen molar-refractivity contribution in [3.8, 4) is 11.4 Å². The van der Waals surface area contributed by atoms with Gasteiger partial charge < -0.3 is 9.30 Å². The number of hydrogen-bond acceptors (Lipinski definition) is 5. The first-order valence-corrected chi connectivity index (χ1v) is 12.8. The van der Waals surface area contributed by atoms with Crippen LogP contribution in [0.15, 0.2) is 59.7 Å². The van der Waals surface area contributed by atoms with Crippen LogP contribution in [0.4, 0.5) is 5.69 Å². The first-order valence-electron chi connectivity index (χ1n) is 10.6. The molecule has 0 aliphatic carbocycles. The van der Waals surface area contributed by atoms with E-state index in [1.807, 2.05) is 51.1 Å². The van der Waals surface area contributed by atoms with Gasteiger partial charge in [-0.2, -0.15) is 5.10 Å². The Morgan fingerprint density at radius 2 is 1.79 bits per heavy atom. The van der Waals surface area contributed by atoms with Crippen LogP contribution in [0, 0.1) is 13.8 Å². The number of halogens is 1. The molecule has 0 spiro atoms. The minimum absolute atomic E-state index is 0.358. The van der Waals surface area contributed by atoms with Crippen molar-refractivity contribution in [3.05, 3.63) is 76.6 Å². The highest BCUT2D eigenvalue weighted by atomic mass is 35.5. The van der Waals surface area contributed by atoms with Crippen LogP contribution >= 0.6 is 11.6 Å². The van der Waals surface area contributed by atoms with Crippen molar-refractivity contribution in [1.29, 1.82) is 0 Å². The molecule has 180 valence electrons. The molecule has 10 heteroatoms. The topological polar surface area (TPSA) is 93.0 Å². The van der Waals surface area contributed by atoms with Crippen molar-refractivity contribution in [1.82, 2.24) is 9.99 Å². The molecule has 0 aliphatic heterocycles. The van der Waals surface area contributed by atoms with Gasteiger partial charge in [-0.05, 0) is 75.4 Å². The molecule has 3 rings (SSSR count). The number of carbonyl (C=O) groups excluding carboxylic acids is 1. The molecular formula is C24H27ClN4O4S. The highest BCUT2D eigenvalue weighted by Crippen LogP contribution is 2.22. The van der Waals surface area contributed by atoms with Gasteiger partial charge in [-0.3, -0.25) is 9.10 Å². The summed E-state index contributed by atoms with van der Waals surface area (Å²) in [6.07, 6.45) is 2.58. The van der Waals surface area contributed by atoms with Crippen LogP contribution in [-0.4, -0.2) is 44.5 Å². The van der Waals surface area contributed by atoms with E-state index >= 15 is 0 Å². The Kier molecular flexibility index (Phi) is 8.01. The summed E-state index contributed by atoms with van der Waals surface area (Å²) in [5, 5.41) is 4.69. The lowest BCUT2D eigenvalue weighted by Gasteiger charge is -2.21. The number of benzene rings is 2. The summed E-state index contributed by atoms with van der Waals surface area (Å²) in [6.45, 7) is 5.86. The Labute approximate surface area is 204 Å². The van der Waals surface area contributed by atoms with E-state index in [0.717, 1.165) is 33.2 Å². The summed E-state index contributed by atoms with van der Waals surface area (Å²) < 4.78 is 33.0. The number of hydrazone groups is 1. The summed E-state index contributed by atoms with van der Waals surface area (Å²) in [4.78, 5) is 12.5. The number of anilines is 1. The van der Waals surface area contributed by atoms with Crippen LogP contribution in [0.2, 0.25) is 5.02 Å². The molecule has 0 saturated heterocycles. The Hall–Kier alpha value is -3.30. The number of ether oxygens (including phenoxy) is 1. The van der Waals surface area contributed by atoms with Crippen LogP contribution in [-0.2, 0) is 14.8 Å². The highest BCUT2D eigenvalue weighted by Gasteiger charge is 2.21. The summed E-state index contributed by atoms with van der Waals surface area (Å²) in [5.74, 6) is 0.0482. The van der Waals surface area contributed by atoms with Gasteiger partial charge in [0.2, 0.25) is 10.0 Å². The molecule has 1 heterocycles. The molecule has 3 aromatic rings. The predicted molar refractivity (Wildman–Crippen MR) is 136 cm³/mol. The molecule has 34 heavy (non-hydrogen) atoms. The quantitative estimate of drug-likeness (QED) is 0.352. The molecule has 0 radical (unpaired) electrons. The van der Waals surface area contributed by atoms with Gasteiger partial charge in [0, 0.05) is 27.7 Å². The summed E-state index contributed by atoms with van der Waals surface area (Å²) in [6, 6.07) is 15.9. The van der Waals surface area contributed by atoms with E-state index in [0.29, 0.717) is 23.1 Å². The fraction of sp³-hybridized carbons (Fsp3) is 0.250. The summed E-state index contributed by atoms with van der Waals surface area (Å²) in [5.41, 5.74) is 6.48. The fourth-order valence-corrected chi connectivity index (χ4v) is 4.50. The van der Waals surface area contributed by atoms with Gasteiger partial charge in [0.05, 0.1) is 24.8 Å². The molecule has 2 aromatic carbocycles. The smallest absolute Gasteiger partial charge is 0.260 e. The Bertz CT molecular complexity index is 1280. The normalized spacial score (nSPS) is 11.6. The number of carbonyl (C=O) groups is 1. The van der Waals surface area contributed by atoms with Crippen molar-refractivity contribution in [2.75, 3.05) is 23.7 Å². The molecule has 0 bridgehead atoms. The maximum absolute atomic E-state index is 12.5. The molecule has 0 atom stereocenters. The zero-order valence-electron chi connectivity index (χ0n) is 19.4. The number of aromatic nitrogens is 1. The first kappa shape index (κ1) is 25.3. The number of amides is 1. The van der Waals surface area contributed by atoms with E-state index in [1.165, 1.54) is 6.21 Å². The Balaban J connectivity index is 1.71. The zero-order valence-corrected chi connectivity index (χ0v) is 21.0. The summed E-state index contributed by atoms with van der Waals surface area (Å²) in [7, 11) is -3.69. The molecule has 1 N–H and O–H groups in total. The molecule has 0 saturated carbocycles. The van der Waals surface area contributed by atoms with Crippen molar-refractivity contribution in [2.45, 2.75) is 20.8 Å². The third-order valence-electron chi connectivity index (χ3n) is 5.07. The molecule has 1 amide bonds. The number of nitrogens with zero attached hydrogens (tertiary/aromatic N) is 3. The molecule has 0 unspecified atom stereocenters. The number of sulfonamides is 1. The van der Waals surface area contributed by atoms with Gasteiger partial charge in [-0.1, -0.05) is 11.6 Å². The van der Waals surface area contributed by atoms with Gasteiger partial charge >= 0.3 is 0 Å². The highest BCUT2D eigenvalue weighted by molar-refractivity contribution is 7.92. The van der Waals surface area contributed by atoms with E-state index in [9.17, 15) is 13.2 Å². The summed E-state index contributed by atoms with van der Waals surface area (Å²) >= 11 is 5.99. The second-order valence-electron chi connectivity index (χ2n) is 7.63. The number of aryl methyl sites for hydroxylation is 1. The predicted octanol–water partition coefficient (Wildman–Crippen LogP) is 4.06. The SMILES string of the molecule is CCOc1ccc(N(CC(=O)N/N=C/c2cc(C)n(-c3ccc(Cl)cc3)c2C)S(C)(=O)=O)cc1. The van der Waals surface area contributed by atoms with E-state index in [1.54, 1.807) is 24.3 Å². The molecule has 0 fully saturated rings. The number of nitrogens with one attached hydrogen (secondary N) is 1. The monoisotopic (exact) mass is 502 g/mol. The van der Waals surface area contributed by atoms with Crippen LogP contribution < -0.4 is 14.5 Å². The molecule has 8 nitrogen and oxygen atoms in total. The minimum atomic E-state index is -3.69. The lowest BCUT2D eigenvalue weighted by atomic mass is 10.2. The van der Waals surface area contributed by atoms with Gasteiger partial charge in [-0.15, -0.1) is 0 Å². The zero-order chi connectivity index (χ0) is 24.9. The van der Waals surface area contributed by atoms with Crippen LogP contribution in [0.5, 0.6) is 5.75 Å². The van der Waals surface area contributed by atoms with Crippen LogP contribution in [0.25, 0.3) is 5.69 Å². The first-order chi connectivity index (χ1) is 16.1. The second-order valence-corrected chi connectivity index (χ2v) is 9.97. The standard InChI is InChI=1S/C24H27ClN4O4S/c1-5-33-23-12-10-21(11-13-23)28(34(4,31)32)16-24(30)27-26-15-19-14-17(2)29(18(19)3)22-8-6-20(25)7-9-22/h6-15H,5,16H2,1-4H3,(H,27,30)/b26-15+. The van der Waals surface area contributed by atoms with E-state index in [-0.39, 0.29) is 0 Å². The maximum atomic E-state index is 12.5. The third kappa shape index (κ3) is 6.18. The number of hydrogen-bond donors (Lipinski definition) is 1. The van der Waals surface area contributed by atoms with Gasteiger partial charge in [0.15, 0.2) is 0 Å². The molecule has 1 aromatic heterocycles. The van der Waals surface area contributed by atoms with Crippen LogP contribution in [0.3, 0.4) is 0 Å². The van der Waals surface area contributed by atoms with Crippen molar-refractivity contribution < 1.29 is 17.9 Å². The van der Waals surface area contributed by atoms with Gasteiger partial charge in [0.1, 0.15) is 12.3 Å². The average Bonchev–Trinajstić information content (AvgIpc) is 3.06. The van der Waals surface area contributed by atoms with E-state index in [2.05, 4.69) is 15.1 Å². The van der Waals surface area contributed by atoms with E-state index in [4.69, 9.17) is 16.3 Å². The maximum Gasteiger partial charge on any atom is 0.260 e. The van der Waals surface area contributed by atoms with E-state index < -0.39 is 22.5 Å². The average molecular weight is 503 g/mol. The van der Waals surface area contributed by atoms with Gasteiger partial charge in [-0.25, -0.2) is 13.8 Å². The Morgan fingerprint density at radius 3 is 2.38 bits per heavy atom. The van der Waals surface area contributed by atoms with Crippen molar-refractivity contribution in [2.24, 2.45) is 5.10 Å². The second kappa shape index (κ2) is 10.8. The molecular weight excluding hydrogens is 476 g/mol. The largest absolute Gasteiger partial charge is 0.494 e. The fourth-order valence-electron chi connectivity index (χ4n) is 3.52. The van der Waals surface area contributed by atoms with Gasteiger partial charge in [0.25, 0.3) is 5.91 Å². The third-order valence-corrected chi connectivity index (χ3v) is 6.46. The lowest BCUT2D eigenvalue weighted by molar-refractivity contribution is -0.119. The van der Waals surface area contributed by atoms with Crippen molar-refractivity contribution in [3.63, 3.8) is 0 Å². The van der Waals surface area contributed by atoms with Crippen LogP contribution in [0.1, 0.15) is 23.9 Å². The Morgan fingerprint density at radius 1 is 1.15 bits per heavy atom. The van der Waals surface area contributed by atoms with Crippen molar-refractivity contribution >= 4 is 39.4 Å². The number of rotatable bonds is 9.